The number of rotatable bonds is 3. The average Bonchev–Trinajstić information content (AvgIpc) is 2.77. The second-order valence-electron chi connectivity index (χ2n) is 3.06. The van der Waals surface area contributed by atoms with Gasteiger partial charge in [0.2, 0.25) is 0 Å². The van der Waals surface area contributed by atoms with Crippen molar-refractivity contribution >= 4 is 12.0 Å². The molecule has 0 saturated carbocycles. The molecule has 0 aliphatic carbocycles. The smallest absolute Gasteiger partial charge is 0.171 e. The topological polar surface area (TPSA) is 95.5 Å². The van der Waals surface area contributed by atoms with Gasteiger partial charge in [0.1, 0.15) is 5.69 Å². The normalized spacial score (nSPS) is 12.4. The summed E-state index contributed by atoms with van der Waals surface area (Å²) in [5.41, 5.74) is 1.06. The standard InChI is InChI=1S/C9H8N4O3/c14-6-7-5-12(11-10-7)8-1-3-9(4-2-8)13(15)16/h1-6,13,15H. The number of aldehydes is 1. The fraction of sp³-hybridized carbons (Fsp3) is 0. The summed E-state index contributed by atoms with van der Waals surface area (Å²) in [5, 5.41) is 25.7. The average molecular weight is 220 g/mol. The van der Waals surface area contributed by atoms with E-state index in [1.165, 1.54) is 23.0 Å². The molecule has 7 heteroatoms. The number of carbonyl (C=O) groups excluding carboxylic acids is 1. The maximum Gasteiger partial charge on any atom is 0.171 e. The zero-order valence-corrected chi connectivity index (χ0v) is 8.07. The van der Waals surface area contributed by atoms with Gasteiger partial charge in [0.25, 0.3) is 0 Å². The first kappa shape index (κ1) is 10.4. The van der Waals surface area contributed by atoms with Crippen LogP contribution in [-0.4, -0.2) is 26.5 Å². The Morgan fingerprint density at radius 3 is 2.56 bits per heavy atom. The second-order valence-corrected chi connectivity index (χ2v) is 3.06. The minimum Gasteiger partial charge on any atom is -0.595 e. The van der Waals surface area contributed by atoms with Gasteiger partial charge in [-0.15, -0.1) is 5.10 Å². The number of hydrogen-bond donors (Lipinski definition) is 2. The third kappa shape index (κ3) is 1.96. The summed E-state index contributed by atoms with van der Waals surface area (Å²) >= 11 is 0. The first-order valence-corrected chi connectivity index (χ1v) is 4.42. The Kier molecular flexibility index (Phi) is 2.73. The van der Waals surface area contributed by atoms with Gasteiger partial charge in [0, 0.05) is 12.1 Å². The zero-order valence-electron chi connectivity index (χ0n) is 8.07. The monoisotopic (exact) mass is 220 g/mol. The summed E-state index contributed by atoms with van der Waals surface area (Å²) in [5.74, 6) is 0. The van der Waals surface area contributed by atoms with Gasteiger partial charge in [-0.25, -0.2) is 9.89 Å². The van der Waals surface area contributed by atoms with Crippen LogP contribution in [0.5, 0.6) is 0 Å². The molecular weight excluding hydrogens is 212 g/mol. The van der Waals surface area contributed by atoms with Crippen molar-refractivity contribution in [2.75, 3.05) is 0 Å². The molecule has 0 saturated heterocycles. The van der Waals surface area contributed by atoms with E-state index in [1.807, 2.05) is 0 Å². The predicted octanol–water partition coefficient (Wildman–Crippen LogP) is -0.517. The molecule has 82 valence electrons. The highest BCUT2D eigenvalue weighted by molar-refractivity contribution is 5.70. The third-order valence-corrected chi connectivity index (χ3v) is 2.01. The van der Waals surface area contributed by atoms with E-state index in [1.54, 1.807) is 12.1 Å². The van der Waals surface area contributed by atoms with Crippen molar-refractivity contribution < 1.29 is 15.2 Å². The SMILES string of the molecule is O=Cc1cn(-c2ccc([NH+]([O-])O)cc2)nn1. The van der Waals surface area contributed by atoms with Crippen molar-refractivity contribution in [3.05, 3.63) is 41.4 Å². The lowest BCUT2D eigenvalue weighted by molar-refractivity contribution is -0.991. The van der Waals surface area contributed by atoms with E-state index in [0.29, 0.717) is 12.0 Å². The van der Waals surface area contributed by atoms with Crippen molar-refractivity contribution in [1.82, 2.24) is 15.0 Å². The van der Waals surface area contributed by atoms with Gasteiger partial charge in [0.15, 0.2) is 12.0 Å². The third-order valence-electron chi connectivity index (χ3n) is 2.01. The Bertz CT molecular complexity index is 492. The van der Waals surface area contributed by atoms with Crippen molar-refractivity contribution in [2.24, 2.45) is 0 Å². The first-order chi connectivity index (χ1) is 7.70. The zero-order chi connectivity index (χ0) is 11.5. The van der Waals surface area contributed by atoms with Gasteiger partial charge in [-0.1, -0.05) is 5.21 Å². The summed E-state index contributed by atoms with van der Waals surface area (Å²) < 4.78 is 1.40. The maximum absolute atomic E-state index is 10.6. The summed E-state index contributed by atoms with van der Waals surface area (Å²) in [7, 11) is 0. The van der Waals surface area contributed by atoms with Crippen LogP contribution in [0, 0.1) is 5.21 Å². The number of aromatic nitrogens is 3. The first-order valence-electron chi connectivity index (χ1n) is 4.42. The minimum atomic E-state index is -0.987. The Labute approximate surface area is 90.1 Å². The highest BCUT2D eigenvalue weighted by Crippen LogP contribution is 2.09. The van der Waals surface area contributed by atoms with E-state index < -0.39 is 5.23 Å². The summed E-state index contributed by atoms with van der Waals surface area (Å²) in [6.07, 6.45) is 2.05. The van der Waals surface area contributed by atoms with Crippen LogP contribution in [0.4, 0.5) is 5.69 Å². The lowest BCUT2D eigenvalue weighted by Gasteiger charge is -2.11. The van der Waals surface area contributed by atoms with Crippen LogP contribution in [0.1, 0.15) is 10.5 Å². The Morgan fingerprint density at radius 1 is 1.38 bits per heavy atom. The van der Waals surface area contributed by atoms with E-state index >= 15 is 0 Å². The Balaban J connectivity index is 2.30. The molecule has 0 radical (unpaired) electrons. The fourth-order valence-electron chi connectivity index (χ4n) is 1.21. The molecule has 0 spiro atoms. The van der Waals surface area contributed by atoms with E-state index in [-0.39, 0.29) is 11.4 Å². The van der Waals surface area contributed by atoms with E-state index in [0.717, 1.165) is 0 Å². The number of quaternary nitrogens is 1. The quantitative estimate of drug-likeness (QED) is 0.536. The van der Waals surface area contributed by atoms with Crippen LogP contribution < -0.4 is 5.23 Å². The molecule has 0 fully saturated rings. The van der Waals surface area contributed by atoms with Crippen LogP contribution in [0.15, 0.2) is 30.5 Å². The number of benzene rings is 1. The number of nitrogens with zero attached hydrogens (tertiary/aromatic N) is 3. The molecule has 0 bridgehead atoms. The largest absolute Gasteiger partial charge is 0.595 e. The van der Waals surface area contributed by atoms with Crippen LogP contribution in [0.3, 0.4) is 0 Å². The van der Waals surface area contributed by atoms with Crippen molar-refractivity contribution in [3.8, 4) is 5.69 Å². The molecule has 0 aliphatic rings. The minimum absolute atomic E-state index is 0.194. The van der Waals surface area contributed by atoms with Gasteiger partial charge >= 0.3 is 0 Å². The molecule has 16 heavy (non-hydrogen) atoms. The lowest BCUT2D eigenvalue weighted by atomic mass is 10.3. The number of hydrogen-bond acceptors (Lipinski definition) is 5. The summed E-state index contributed by atoms with van der Waals surface area (Å²) in [4.78, 5) is 10.4. The molecule has 1 atom stereocenters. The van der Waals surface area contributed by atoms with Gasteiger partial charge in [-0.2, -0.15) is 5.23 Å². The molecule has 7 nitrogen and oxygen atoms in total. The highest BCUT2D eigenvalue weighted by Gasteiger charge is 2.03. The summed E-state index contributed by atoms with van der Waals surface area (Å²) in [6, 6.07) is 6.10. The fourth-order valence-corrected chi connectivity index (χ4v) is 1.21. The van der Waals surface area contributed by atoms with Crippen LogP contribution in [-0.2, 0) is 0 Å². The number of nitrogens with one attached hydrogen (secondary N) is 1. The molecule has 2 N–H and O–H groups in total. The number of carbonyl (C=O) groups is 1. The molecule has 0 aliphatic heterocycles. The van der Waals surface area contributed by atoms with Crippen molar-refractivity contribution in [2.45, 2.75) is 0 Å². The van der Waals surface area contributed by atoms with Crippen LogP contribution >= 0.6 is 0 Å². The van der Waals surface area contributed by atoms with Gasteiger partial charge in [-0.05, 0) is 12.1 Å². The Hall–Kier alpha value is -2.09. The molecule has 2 rings (SSSR count). The molecule has 1 unspecified atom stereocenters. The second kappa shape index (κ2) is 4.19. The van der Waals surface area contributed by atoms with Crippen molar-refractivity contribution in [1.29, 1.82) is 0 Å². The molecule has 1 aromatic heterocycles. The summed E-state index contributed by atoms with van der Waals surface area (Å²) in [6.45, 7) is 0. The van der Waals surface area contributed by atoms with Crippen molar-refractivity contribution in [3.63, 3.8) is 0 Å². The maximum atomic E-state index is 10.6. The van der Waals surface area contributed by atoms with Gasteiger partial charge in [0.05, 0.1) is 11.9 Å². The lowest BCUT2D eigenvalue weighted by Crippen LogP contribution is -2.99. The Morgan fingerprint density at radius 2 is 2.06 bits per heavy atom. The molecular formula is C9H8N4O3. The molecule has 1 heterocycles. The highest BCUT2D eigenvalue weighted by atomic mass is 16.8. The molecule has 1 aromatic carbocycles. The van der Waals surface area contributed by atoms with Crippen LogP contribution in [0.25, 0.3) is 5.69 Å². The predicted molar refractivity (Wildman–Crippen MR) is 52.5 cm³/mol. The molecule has 2 aromatic rings. The van der Waals surface area contributed by atoms with Gasteiger partial charge < -0.3 is 5.21 Å². The van der Waals surface area contributed by atoms with Gasteiger partial charge in [-0.3, -0.25) is 4.79 Å². The van der Waals surface area contributed by atoms with E-state index in [4.69, 9.17) is 5.21 Å². The molecule has 0 amide bonds. The van der Waals surface area contributed by atoms with E-state index in [2.05, 4.69) is 10.3 Å². The van der Waals surface area contributed by atoms with E-state index in [9.17, 15) is 10.0 Å². The van der Waals surface area contributed by atoms with Crippen LogP contribution in [0.2, 0.25) is 0 Å².